The third-order valence-corrected chi connectivity index (χ3v) is 6.00. The standard InChI is InChI=1S/C28H26N2O7/c1-16(31)29-18-7-9-19(10-8-18)30-25(17-5-11-20(35-2)12-6-17)24(27(33)28(30)34)26(32)22-15-21(36-3)13-14-23(22)37-4/h5-15,25,32H,1-4H3,(H,29,31)/b26-24+. The summed E-state index contributed by atoms with van der Waals surface area (Å²) in [6, 6.07) is 17.2. The summed E-state index contributed by atoms with van der Waals surface area (Å²) < 4.78 is 15.9. The maximum atomic E-state index is 13.4. The lowest BCUT2D eigenvalue weighted by atomic mass is 9.94. The van der Waals surface area contributed by atoms with Crippen LogP contribution in [0.25, 0.3) is 5.76 Å². The van der Waals surface area contributed by atoms with Gasteiger partial charge in [0.25, 0.3) is 11.7 Å². The van der Waals surface area contributed by atoms with Crippen LogP contribution < -0.4 is 24.4 Å². The van der Waals surface area contributed by atoms with Crippen molar-refractivity contribution in [2.45, 2.75) is 13.0 Å². The number of hydrogen-bond donors (Lipinski definition) is 2. The van der Waals surface area contributed by atoms with Crippen molar-refractivity contribution in [1.29, 1.82) is 0 Å². The molecule has 1 fully saturated rings. The van der Waals surface area contributed by atoms with E-state index in [2.05, 4.69) is 5.32 Å². The second kappa shape index (κ2) is 10.4. The zero-order valence-corrected chi connectivity index (χ0v) is 20.8. The van der Waals surface area contributed by atoms with Crippen LogP contribution in [0.4, 0.5) is 11.4 Å². The number of anilines is 2. The number of ether oxygens (including phenoxy) is 3. The van der Waals surface area contributed by atoms with Crippen LogP contribution in [0.1, 0.15) is 24.1 Å². The third kappa shape index (κ3) is 4.84. The van der Waals surface area contributed by atoms with Crippen LogP contribution >= 0.6 is 0 Å². The van der Waals surface area contributed by atoms with Gasteiger partial charge in [-0.05, 0) is 60.2 Å². The predicted octanol–water partition coefficient (Wildman–Crippen LogP) is 4.30. The van der Waals surface area contributed by atoms with E-state index in [1.165, 1.54) is 39.2 Å². The van der Waals surface area contributed by atoms with Crippen molar-refractivity contribution in [1.82, 2.24) is 0 Å². The van der Waals surface area contributed by atoms with Crippen molar-refractivity contribution in [3.8, 4) is 17.2 Å². The van der Waals surface area contributed by atoms with Gasteiger partial charge in [0.15, 0.2) is 0 Å². The number of aliphatic hydroxyl groups is 1. The summed E-state index contributed by atoms with van der Waals surface area (Å²) in [5, 5.41) is 14.1. The molecule has 1 aliphatic heterocycles. The van der Waals surface area contributed by atoms with E-state index in [0.29, 0.717) is 34.2 Å². The molecule has 0 aromatic heterocycles. The fourth-order valence-electron chi connectivity index (χ4n) is 4.25. The first kappa shape index (κ1) is 25.3. The molecule has 9 heteroatoms. The lowest BCUT2D eigenvalue weighted by Gasteiger charge is -2.26. The van der Waals surface area contributed by atoms with Crippen LogP contribution in [0.15, 0.2) is 72.3 Å². The highest BCUT2D eigenvalue weighted by Crippen LogP contribution is 2.44. The number of nitrogens with one attached hydrogen (secondary N) is 1. The number of ketones is 1. The van der Waals surface area contributed by atoms with Gasteiger partial charge in [-0.2, -0.15) is 0 Å². The lowest BCUT2D eigenvalue weighted by molar-refractivity contribution is -0.132. The molecule has 9 nitrogen and oxygen atoms in total. The van der Waals surface area contributed by atoms with Crippen molar-refractivity contribution >= 4 is 34.7 Å². The summed E-state index contributed by atoms with van der Waals surface area (Å²) in [6.45, 7) is 1.39. The SMILES string of the molecule is COc1ccc(C2/C(=C(\O)c3cc(OC)ccc3OC)C(=O)C(=O)N2c2ccc(NC(C)=O)cc2)cc1. The molecule has 0 saturated carbocycles. The number of carbonyl (C=O) groups excluding carboxylic acids is 3. The van der Waals surface area contributed by atoms with Gasteiger partial charge in [-0.1, -0.05) is 12.1 Å². The zero-order chi connectivity index (χ0) is 26.7. The number of nitrogens with zero attached hydrogens (tertiary/aromatic N) is 1. The minimum Gasteiger partial charge on any atom is -0.507 e. The van der Waals surface area contributed by atoms with Crippen LogP contribution in [0.3, 0.4) is 0 Å². The van der Waals surface area contributed by atoms with E-state index in [4.69, 9.17) is 14.2 Å². The van der Waals surface area contributed by atoms with Crippen molar-refractivity contribution in [3.63, 3.8) is 0 Å². The van der Waals surface area contributed by atoms with Gasteiger partial charge < -0.3 is 24.6 Å². The molecule has 2 amide bonds. The fourth-order valence-corrected chi connectivity index (χ4v) is 4.25. The molecule has 1 unspecified atom stereocenters. The van der Waals surface area contributed by atoms with Crippen LogP contribution in [0, 0.1) is 0 Å². The molecule has 1 aliphatic rings. The largest absolute Gasteiger partial charge is 0.507 e. The first-order valence-electron chi connectivity index (χ1n) is 11.3. The molecule has 190 valence electrons. The van der Waals surface area contributed by atoms with Gasteiger partial charge in [0.05, 0.1) is 38.5 Å². The molecule has 1 saturated heterocycles. The Hall–Kier alpha value is -4.79. The summed E-state index contributed by atoms with van der Waals surface area (Å²) >= 11 is 0. The Morgan fingerprint density at radius 3 is 2.05 bits per heavy atom. The maximum absolute atomic E-state index is 13.4. The van der Waals surface area contributed by atoms with Crippen molar-refractivity contribution in [2.24, 2.45) is 0 Å². The summed E-state index contributed by atoms with van der Waals surface area (Å²) in [6.07, 6.45) is 0. The van der Waals surface area contributed by atoms with E-state index in [-0.39, 0.29) is 17.0 Å². The van der Waals surface area contributed by atoms with Gasteiger partial charge in [0.1, 0.15) is 23.0 Å². The van der Waals surface area contributed by atoms with E-state index >= 15 is 0 Å². The Morgan fingerprint density at radius 1 is 0.865 bits per heavy atom. The Balaban J connectivity index is 1.92. The molecular weight excluding hydrogens is 476 g/mol. The van der Waals surface area contributed by atoms with Crippen molar-refractivity contribution in [2.75, 3.05) is 31.5 Å². The Labute approximate surface area is 213 Å². The molecule has 1 atom stereocenters. The molecule has 2 N–H and O–H groups in total. The smallest absolute Gasteiger partial charge is 0.300 e. The molecule has 4 rings (SSSR count). The van der Waals surface area contributed by atoms with Crippen LogP contribution in [0.5, 0.6) is 17.2 Å². The number of rotatable bonds is 7. The molecule has 3 aromatic carbocycles. The second-order valence-corrected chi connectivity index (χ2v) is 8.24. The number of hydrogen-bond acceptors (Lipinski definition) is 7. The minimum atomic E-state index is -0.951. The molecule has 1 heterocycles. The van der Waals surface area contributed by atoms with Gasteiger partial charge in [-0.25, -0.2) is 0 Å². The van der Waals surface area contributed by atoms with E-state index in [1.807, 2.05) is 0 Å². The number of methoxy groups -OCH3 is 3. The second-order valence-electron chi connectivity index (χ2n) is 8.24. The molecule has 0 radical (unpaired) electrons. The normalized spacial score (nSPS) is 16.4. The minimum absolute atomic E-state index is 0.104. The molecule has 3 aromatic rings. The first-order chi connectivity index (χ1) is 17.8. The highest BCUT2D eigenvalue weighted by atomic mass is 16.5. The van der Waals surface area contributed by atoms with Gasteiger partial charge in [0.2, 0.25) is 5.91 Å². The summed E-state index contributed by atoms with van der Waals surface area (Å²) in [5.41, 5.74) is 1.63. The van der Waals surface area contributed by atoms with Crippen LogP contribution in [-0.2, 0) is 14.4 Å². The number of benzene rings is 3. The highest BCUT2D eigenvalue weighted by molar-refractivity contribution is 6.51. The maximum Gasteiger partial charge on any atom is 0.300 e. The van der Waals surface area contributed by atoms with Crippen LogP contribution in [0.2, 0.25) is 0 Å². The van der Waals surface area contributed by atoms with E-state index in [9.17, 15) is 19.5 Å². The number of carbonyl (C=O) groups is 3. The third-order valence-electron chi connectivity index (χ3n) is 6.00. The van der Waals surface area contributed by atoms with Gasteiger partial charge in [-0.15, -0.1) is 0 Å². The quantitative estimate of drug-likeness (QED) is 0.281. The number of Topliss-reactive ketones (excluding diaryl/α,β-unsaturated/α-hetero) is 1. The number of aliphatic hydroxyl groups excluding tert-OH is 1. The summed E-state index contributed by atoms with van der Waals surface area (Å²) in [4.78, 5) is 39.5. The summed E-state index contributed by atoms with van der Waals surface area (Å²) in [5.74, 6) is -0.963. The highest BCUT2D eigenvalue weighted by Gasteiger charge is 2.47. The Kier molecular flexibility index (Phi) is 7.15. The van der Waals surface area contributed by atoms with Gasteiger partial charge in [0, 0.05) is 18.3 Å². The van der Waals surface area contributed by atoms with E-state index < -0.39 is 23.5 Å². The van der Waals surface area contributed by atoms with Gasteiger partial charge >= 0.3 is 0 Å². The Bertz CT molecular complexity index is 1380. The Morgan fingerprint density at radius 2 is 1.49 bits per heavy atom. The van der Waals surface area contributed by atoms with Crippen molar-refractivity contribution < 1.29 is 33.7 Å². The van der Waals surface area contributed by atoms with Gasteiger partial charge in [-0.3, -0.25) is 19.3 Å². The molecule has 37 heavy (non-hydrogen) atoms. The van der Waals surface area contributed by atoms with E-state index in [1.54, 1.807) is 60.7 Å². The summed E-state index contributed by atoms with van der Waals surface area (Å²) in [7, 11) is 4.45. The molecule has 0 spiro atoms. The van der Waals surface area contributed by atoms with Crippen LogP contribution in [-0.4, -0.2) is 44.0 Å². The average molecular weight is 503 g/mol. The lowest BCUT2D eigenvalue weighted by Crippen LogP contribution is -2.29. The average Bonchev–Trinajstić information content (AvgIpc) is 3.18. The fraction of sp³-hybridized carbons (Fsp3) is 0.179. The predicted molar refractivity (Wildman–Crippen MR) is 138 cm³/mol. The first-order valence-corrected chi connectivity index (χ1v) is 11.3. The topological polar surface area (TPSA) is 114 Å². The number of amides is 2. The van der Waals surface area contributed by atoms with Crippen molar-refractivity contribution in [3.05, 3.63) is 83.4 Å². The van der Waals surface area contributed by atoms with E-state index in [0.717, 1.165) is 0 Å². The monoisotopic (exact) mass is 502 g/mol. The molecule has 0 aliphatic carbocycles. The molecular formula is C28H26N2O7. The molecule has 0 bridgehead atoms. The zero-order valence-electron chi connectivity index (χ0n) is 20.8.